The summed E-state index contributed by atoms with van der Waals surface area (Å²) in [7, 11) is 2.55. The van der Waals surface area contributed by atoms with Crippen molar-refractivity contribution in [3.8, 4) is 0 Å². The van der Waals surface area contributed by atoms with Crippen LogP contribution in [0.3, 0.4) is 0 Å². The van der Waals surface area contributed by atoms with Crippen molar-refractivity contribution in [2.75, 3.05) is 0 Å². The van der Waals surface area contributed by atoms with Crippen LogP contribution in [0.5, 0.6) is 0 Å². The smallest absolute Gasteiger partial charge is 0.211 e. The first kappa shape index (κ1) is 12.7. The van der Waals surface area contributed by atoms with Crippen LogP contribution >= 0.6 is 21.8 Å². The van der Waals surface area contributed by atoms with Crippen molar-refractivity contribution in [1.29, 1.82) is 0 Å². The highest BCUT2D eigenvalue weighted by Gasteiger charge is 1.96. The molecule has 6 heteroatoms. The number of carbonyl (C=O) groups excluding carboxylic acids is 2. The maximum atomic E-state index is 9.96. The topological polar surface area (TPSA) is 58.9 Å². The molecule has 0 saturated carbocycles. The largest absolute Gasteiger partial charge is 0.248 e. The first-order valence-electron chi connectivity index (χ1n) is 4.34. The summed E-state index contributed by atoms with van der Waals surface area (Å²) in [5.74, 6) is 0.731. The Morgan fingerprint density at radius 3 is 2.75 bits per heavy atom. The third kappa shape index (κ3) is 4.96. The van der Waals surface area contributed by atoms with E-state index in [0.717, 1.165) is 27.9 Å². The van der Waals surface area contributed by atoms with Crippen LogP contribution in [-0.2, 0) is 21.9 Å². The maximum Gasteiger partial charge on any atom is 0.248 e. The Morgan fingerprint density at radius 2 is 2.00 bits per heavy atom. The SMILES string of the molecule is O=C=NCc1cccc(CSSN=C=O)c1. The van der Waals surface area contributed by atoms with Crippen molar-refractivity contribution in [2.45, 2.75) is 12.3 Å². The lowest BCUT2D eigenvalue weighted by atomic mass is 10.1. The van der Waals surface area contributed by atoms with Gasteiger partial charge in [0.2, 0.25) is 12.2 Å². The van der Waals surface area contributed by atoms with Gasteiger partial charge in [-0.1, -0.05) is 35.1 Å². The number of hydrogen-bond acceptors (Lipinski definition) is 6. The van der Waals surface area contributed by atoms with Crippen molar-refractivity contribution in [3.63, 3.8) is 0 Å². The molecular weight excluding hydrogens is 244 g/mol. The average molecular weight is 252 g/mol. The van der Waals surface area contributed by atoms with Gasteiger partial charge < -0.3 is 0 Å². The lowest BCUT2D eigenvalue weighted by Gasteiger charge is -2.00. The summed E-state index contributed by atoms with van der Waals surface area (Å²) in [4.78, 5) is 23.3. The molecule has 0 saturated heterocycles. The zero-order valence-corrected chi connectivity index (χ0v) is 9.88. The van der Waals surface area contributed by atoms with E-state index in [1.807, 2.05) is 24.3 Å². The van der Waals surface area contributed by atoms with Crippen LogP contribution in [0.4, 0.5) is 0 Å². The van der Waals surface area contributed by atoms with E-state index in [4.69, 9.17) is 0 Å². The number of rotatable bonds is 6. The zero-order chi connectivity index (χ0) is 11.6. The van der Waals surface area contributed by atoms with E-state index >= 15 is 0 Å². The molecule has 1 rings (SSSR count). The molecule has 0 N–H and O–H groups in total. The summed E-state index contributed by atoms with van der Waals surface area (Å²) in [6.07, 6.45) is 2.96. The van der Waals surface area contributed by atoms with Crippen molar-refractivity contribution >= 4 is 33.9 Å². The Balaban J connectivity index is 2.52. The van der Waals surface area contributed by atoms with E-state index in [-0.39, 0.29) is 0 Å². The number of hydrogen-bond donors (Lipinski definition) is 0. The summed E-state index contributed by atoms with van der Waals surface area (Å²) >= 11 is 0. The van der Waals surface area contributed by atoms with E-state index < -0.39 is 0 Å². The predicted octanol–water partition coefficient (Wildman–Crippen LogP) is 2.65. The predicted molar refractivity (Wildman–Crippen MR) is 65.3 cm³/mol. The monoisotopic (exact) mass is 252 g/mol. The second-order valence-electron chi connectivity index (χ2n) is 2.75. The molecule has 0 amide bonds. The number of benzene rings is 1. The van der Waals surface area contributed by atoms with Gasteiger partial charge in [-0.3, -0.25) is 0 Å². The Kier molecular flexibility index (Phi) is 6.30. The van der Waals surface area contributed by atoms with Gasteiger partial charge in [-0.15, -0.1) is 4.40 Å². The minimum absolute atomic E-state index is 0.349. The van der Waals surface area contributed by atoms with Crippen LogP contribution in [0.15, 0.2) is 33.7 Å². The summed E-state index contributed by atoms with van der Waals surface area (Å²) in [6.45, 7) is 0.349. The van der Waals surface area contributed by atoms with Crippen LogP contribution in [0.2, 0.25) is 0 Å². The third-order valence-corrected chi connectivity index (χ3v) is 3.27. The van der Waals surface area contributed by atoms with Gasteiger partial charge in [0.15, 0.2) is 0 Å². The molecule has 0 aliphatic carbocycles. The fourth-order valence-electron chi connectivity index (χ4n) is 1.08. The molecule has 0 heterocycles. The van der Waals surface area contributed by atoms with Crippen molar-refractivity contribution in [1.82, 2.24) is 0 Å². The van der Waals surface area contributed by atoms with Crippen LogP contribution < -0.4 is 0 Å². The average Bonchev–Trinajstić information content (AvgIpc) is 2.33. The van der Waals surface area contributed by atoms with E-state index in [9.17, 15) is 9.59 Å². The zero-order valence-electron chi connectivity index (χ0n) is 8.25. The molecule has 1 aromatic carbocycles. The highest BCUT2D eigenvalue weighted by Crippen LogP contribution is 2.26. The highest BCUT2D eigenvalue weighted by molar-refractivity contribution is 8.75. The molecule has 0 bridgehead atoms. The van der Waals surface area contributed by atoms with Crippen LogP contribution in [0.1, 0.15) is 11.1 Å². The second-order valence-corrected chi connectivity index (χ2v) is 4.76. The molecule has 0 fully saturated rings. The van der Waals surface area contributed by atoms with E-state index in [0.29, 0.717) is 6.54 Å². The summed E-state index contributed by atoms with van der Waals surface area (Å²) < 4.78 is 3.36. The first-order valence-corrected chi connectivity index (χ1v) is 6.61. The standard InChI is InChI=1S/C10H8N2O2S2/c13-7-11-5-9-2-1-3-10(4-9)6-15-16-12-8-14/h1-4H,5-6H2. The second kappa shape index (κ2) is 7.91. The van der Waals surface area contributed by atoms with Crippen molar-refractivity contribution < 1.29 is 9.59 Å². The minimum Gasteiger partial charge on any atom is -0.211 e. The Hall–Kier alpha value is -1.32. The van der Waals surface area contributed by atoms with E-state index in [2.05, 4.69) is 9.39 Å². The van der Waals surface area contributed by atoms with Gasteiger partial charge in [-0.25, -0.2) is 14.6 Å². The van der Waals surface area contributed by atoms with Gasteiger partial charge in [-0.05, 0) is 11.1 Å². The quantitative estimate of drug-likeness (QED) is 0.257. The molecule has 16 heavy (non-hydrogen) atoms. The lowest BCUT2D eigenvalue weighted by Crippen LogP contribution is -1.84. The van der Waals surface area contributed by atoms with Crippen LogP contribution in [-0.4, -0.2) is 12.2 Å². The minimum atomic E-state index is 0.349. The first-order chi connectivity index (χ1) is 7.86. The summed E-state index contributed by atoms with van der Waals surface area (Å²) in [6, 6.07) is 7.72. The van der Waals surface area contributed by atoms with E-state index in [1.165, 1.54) is 23.0 Å². The van der Waals surface area contributed by atoms with Crippen molar-refractivity contribution in [3.05, 3.63) is 35.4 Å². The normalized spacial score (nSPS) is 9.00. The molecule has 0 atom stereocenters. The molecular formula is C10H8N2O2S2. The fraction of sp³-hybridized carbons (Fsp3) is 0.200. The molecule has 0 unspecified atom stereocenters. The Bertz CT molecular complexity index is 438. The molecule has 0 aliphatic rings. The van der Waals surface area contributed by atoms with E-state index in [1.54, 1.807) is 0 Å². The van der Waals surface area contributed by atoms with Gasteiger partial charge >= 0.3 is 0 Å². The maximum absolute atomic E-state index is 9.96. The van der Waals surface area contributed by atoms with Crippen LogP contribution in [0, 0.1) is 0 Å². The van der Waals surface area contributed by atoms with Gasteiger partial charge in [0, 0.05) is 5.75 Å². The third-order valence-electron chi connectivity index (χ3n) is 1.67. The molecule has 0 aliphatic heterocycles. The number of isocyanates is 2. The van der Waals surface area contributed by atoms with Crippen molar-refractivity contribution in [2.24, 2.45) is 9.39 Å². The molecule has 1 aromatic rings. The highest BCUT2D eigenvalue weighted by atomic mass is 33.1. The van der Waals surface area contributed by atoms with Gasteiger partial charge in [0.25, 0.3) is 0 Å². The fourth-order valence-corrected chi connectivity index (χ4v) is 2.34. The van der Waals surface area contributed by atoms with Gasteiger partial charge in [0.1, 0.15) is 0 Å². The summed E-state index contributed by atoms with van der Waals surface area (Å²) in [5.41, 5.74) is 2.06. The summed E-state index contributed by atoms with van der Waals surface area (Å²) in [5, 5.41) is 0. The molecule has 82 valence electrons. The van der Waals surface area contributed by atoms with Gasteiger partial charge in [0.05, 0.1) is 17.5 Å². The Morgan fingerprint density at radius 1 is 1.19 bits per heavy atom. The number of aliphatic imine (C=N–C) groups is 1. The molecule has 0 aromatic heterocycles. The molecule has 0 spiro atoms. The van der Waals surface area contributed by atoms with Crippen LogP contribution in [0.25, 0.3) is 0 Å². The lowest BCUT2D eigenvalue weighted by molar-refractivity contribution is 0.562. The molecule has 0 radical (unpaired) electrons. The molecule has 4 nitrogen and oxygen atoms in total. The Labute approximate surface area is 101 Å². The van der Waals surface area contributed by atoms with Gasteiger partial charge in [-0.2, -0.15) is 0 Å². The number of nitrogens with zero attached hydrogens (tertiary/aromatic N) is 2.